The molecule has 0 rings (SSSR count). The number of carbonyl (C=O) groups excluding carboxylic acids is 4. The summed E-state index contributed by atoms with van der Waals surface area (Å²) in [7, 11) is 0. The van der Waals surface area contributed by atoms with E-state index in [1.165, 1.54) is 0 Å². The molecule has 16 N–H and O–H groups in total. The Morgan fingerprint density at radius 2 is 0.426 bits per heavy atom. The van der Waals surface area contributed by atoms with E-state index in [9.17, 15) is 80.5 Å². The van der Waals surface area contributed by atoms with Crippen LogP contribution >= 0.6 is 0 Å². The maximum atomic E-state index is 12.3. The maximum Gasteiger partial charge on any atom is 0.246 e. The normalized spacial score (nSPS) is 12.6. The van der Waals surface area contributed by atoms with Crippen LogP contribution in [0.3, 0.4) is 0 Å². The molecule has 0 saturated carbocycles. The first-order valence-electron chi connectivity index (χ1n) is 21.4. The highest BCUT2D eigenvalue weighted by molar-refractivity contribution is 5.79. The van der Waals surface area contributed by atoms with Gasteiger partial charge in [-0.15, -0.1) is 0 Å². The van der Waals surface area contributed by atoms with Crippen molar-refractivity contribution in [3.05, 3.63) is 0 Å². The lowest BCUT2D eigenvalue weighted by Crippen LogP contribution is -2.57. The number of aliphatic hydroxyl groups excluding tert-OH is 12. The van der Waals surface area contributed by atoms with Crippen molar-refractivity contribution < 1.29 is 123 Å². The number of hydrogen-bond acceptors (Lipinski definition) is 25. The molecule has 0 aliphatic heterocycles. The molecule has 0 saturated heterocycles. The van der Waals surface area contributed by atoms with Crippen LogP contribution in [0.15, 0.2) is 0 Å². The topological polar surface area (TPSA) is 442 Å². The smallest absolute Gasteiger partial charge is 0.246 e. The summed E-state index contributed by atoms with van der Waals surface area (Å²) in [6.07, 6.45) is 0. The number of aliphatic hydroxyl groups is 12. The number of rotatable bonds is 47. The van der Waals surface area contributed by atoms with Gasteiger partial charge in [0.1, 0.15) is 48.6 Å². The van der Waals surface area contributed by atoms with Crippen LogP contribution in [0.2, 0.25) is 0 Å². The first kappa shape index (κ1) is 65.0. The minimum absolute atomic E-state index is 0.00789. The minimum Gasteiger partial charge on any atom is -0.394 e. The Hall–Kier alpha value is -2.96. The first-order valence-corrected chi connectivity index (χ1v) is 21.4. The molecule has 0 aromatic heterocycles. The van der Waals surface area contributed by atoms with Crippen LogP contribution in [0.5, 0.6) is 0 Å². The molecule has 0 spiro atoms. The monoisotopic (exact) mass is 1000 g/mol. The molecule has 0 aromatic rings. The van der Waals surface area contributed by atoms with Gasteiger partial charge in [-0.1, -0.05) is 0 Å². The summed E-state index contributed by atoms with van der Waals surface area (Å²) in [4.78, 5) is 49.0. The summed E-state index contributed by atoms with van der Waals surface area (Å²) >= 11 is 0. The Balaban J connectivity index is 5.70. The number of nitrogens with one attached hydrogen (secondary N) is 4. The molecule has 68 heavy (non-hydrogen) atoms. The number of ether oxygens (including phenoxy) is 9. The van der Waals surface area contributed by atoms with E-state index in [1.54, 1.807) is 0 Å². The quantitative estimate of drug-likeness (QED) is 0.0252. The van der Waals surface area contributed by atoms with Crippen LogP contribution in [0.25, 0.3) is 0 Å². The fourth-order valence-corrected chi connectivity index (χ4v) is 5.16. The zero-order valence-corrected chi connectivity index (χ0v) is 38.4. The second-order valence-corrected chi connectivity index (χ2v) is 15.7. The third-order valence-electron chi connectivity index (χ3n) is 9.68. The number of hydrogen-bond donors (Lipinski definition) is 16. The van der Waals surface area contributed by atoms with Gasteiger partial charge in [0.05, 0.1) is 177 Å². The molecule has 0 fully saturated rings. The Labute approximate surface area is 393 Å². The molecule has 29 nitrogen and oxygen atoms in total. The summed E-state index contributed by atoms with van der Waals surface area (Å²) in [6, 6.07) is 0. The average Bonchev–Trinajstić information content (AvgIpc) is 3.36. The molecule has 0 heterocycles. The van der Waals surface area contributed by atoms with Gasteiger partial charge in [-0.3, -0.25) is 19.2 Å². The van der Waals surface area contributed by atoms with E-state index in [4.69, 9.17) is 42.6 Å². The second-order valence-electron chi connectivity index (χ2n) is 15.7. The highest BCUT2D eigenvalue weighted by Crippen LogP contribution is 2.21. The lowest BCUT2D eigenvalue weighted by molar-refractivity contribution is -0.135. The van der Waals surface area contributed by atoms with E-state index >= 15 is 0 Å². The summed E-state index contributed by atoms with van der Waals surface area (Å²) in [5.74, 6) is -2.90. The van der Waals surface area contributed by atoms with Gasteiger partial charge in [-0.2, -0.15) is 0 Å². The standard InChI is InChI=1S/C39H76N4O25/c44-15-36(16-45,17-46)40-31(56)11-61-3-1-60-2-7-65-27-35(28-66-8-4-62-12-32(57)41-37(18-47,19-48)20-49,29-67-9-5-63-13-33(58)42-38(21-50,22-51)23-52)30-68-10-6-64-14-34(59)43-39(24-53,25-54)26-55/h44-55H,1-30H2,(H,40,56)(H,41,57)(H,42,58)(H,43,59). The minimum atomic E-state index is -1.66. The highest BCUT2D eigenvalue weighted by atomic mass is 16.6. The molecular weight excluding hydrogens is 924 g/mol. The van der Waals surface area contributed by atoms with Gasteiger partial charge in [-0.25, -0.2) is 0 Å². The zero-order chi connectivity index (χ0) is 51.2. The molecule has 0 aromatic carbocycles. The summed E-state index contributed by atoms with van der Waals surface area (Å²) < 4.78 is 50.4. The van der Waals surface area contributed by atoms with E-state index < -0.39 is 157 Å². The lowest BCUT2D eigenvalue weighted by Gasteiger charge is -2.33. The van der Waals surface area contributed by atoms with Crippen LogP contribution in [0.4, 0.5) is 0 Å². The van der Waals surface area contributed by atoms with E-state index in [2.05, 4.69) is 21.3 Å². The van der Waals surface area contributed by atoms with Crippen molar-refractivity contribution in [1.82, 2.24) is 21.3 Å². The van der Waals surface area contributed by atoms with Gasteiger partial charge < -0.3 is 125 Å². The molecule has 402 valence electrons. The van der Waals surface area contributed by atoms with Crippen molar-refractivity contribution >= 4 is 23.6 Å². The SMILES string of the molecule is O=C(COCCOCCOCC(COCCOCC(=O)NC(CO)(CO)CO)(COCCOCC(=O)NC(CO)(CO)CO)COCCOCC(=O)NC(CO)(CO)CO)NC(CO)(CO)CO. The van der Waals surface area contributed by atoms with Crippen molar-refractivity contribution in [1.29, 1.82) is 0 Å². The van der Waals surface area contributed by atoms with Crippen molar-refractivity contribution in [2.24, 2.45) is 5.41 Å². The average molecular weight is 1000 g/mol. The fourth-order valence-electron chi connectivity index (χ4n) is 5.16. The Kier molecular flexibility index (Phi) is 36.2. The van der Waals surface area contributed by atoms with Crippen molar-refractivity contribution in [2.45, 2.75) is 22.2 Å². The molecule has 0 atom stereocenters. The fraction of sp³-hybridized carbons (Fsp3) is 0.897. The van der Waals surface area contributed by atoms with E-state index in [0.717, 1.165) is 0 Å². The van der Waals surface area contributed by atoms with Gasteiger partial charge in [-0.05, 0) is 0 Å². The molecule has 29 heteroatoms. The summed E-state index contributed by atoms with van der Waals surface area (Å²) in [5, 5.41) is 122. The van der Waals surface area contributed by atoms with Gasteiger partial charge in [0.25, 0.3) is 0 Å². The number of amides is 4. The molecule has 0 unspecified atom stereocenters. The summed E-state index contributed by atoms with van der Waals surface area (Å²) in [6.45, 7) is -11.8. The van der Waals surface area contributed by atoms with Crippen molar-refractivity contribution in [2.75, 3.05) is 198 Å². The summed E-state index contributed by atoms with van der Waals surface area (Å²) in [5.41, 5.74) is -7.70. The van der Waals surface area contributed by atoms with Crippen LogP contribution in [-0.4, -0.2) is 305 Å². The number of carbonyl (C=O) groups is 4. The Morgan fingerprint density at radius 3 is 0.603 bits per heavy atom. The van der Waals surface area contributed by atoms with Gasteiger partial charge in [0.2, 0.25) is 23.6 Å². The van der Waals surface area contributed by atoms with Crippen LogP contribution < -0.4 is 21.3 Å². The van der Waals surface area contributed by atoms with Crippen molar-refractivity contribution in [3.63, 3.8) is 0 Å². The van der Waals surface area contributed by atoms with Gasteiger partial charge >= 0.3 is 0 Å². The molecule has 0 bridgehead atoms. The lowest BCUT2D eigenvalue weighted by atomic mass is 9.92. The molecule has 0 aliphatic carbocycles. The highest BCUT2D eigenvalue weighted by Gasteiger charge is 2.35. The van der Waals surface area contributed by atoms with Crippen LogP contribution in [0, 0.1) is 5.41 Å². The third kappa shape index (κ3) is 26.3. The predicted molar refractivity (Wildman–Crippen MR) is 228 cm³/mol. The molecule has 4 amide bonds. The Bertz CT molecular complexity index is 1180. The van der Waals surface area contributed by atoms with Crippen LogP contribution in [-0.2, 0) is 61.8 Å². The Morgan fingerprint density at radius 1 is 0.265 bits per heavy atom. The third-order valence-corrected chi connectivity index (χ3v) is 9.68. The molecular formula is C39H76N4O25. The molecule has 0 aliphatic rings. The van der Waals surface area contributed by atoms with Gasteiger partial charge in [0.15, 0.2) is 0 Å². The van der Waals surface area contributed by atoms with Crippen molar-refractivity contribution in [3.8, 4) is 0 Å². The maximum absolute atomic E-state index is 12.3. The van der Waals surface area contributed by atoms with Gasteiger partial charge in [0, 0.05) is 0 Å². The first-order chi connectivity index (χ1) is 32.6. The zero-order valence-electron chi connectivity index (χ0n) is 38.4. The largest absolute Gasteiger partial charge is 0.394 e. The second kappa shape index (κ2) is 37.8. The molecule has 0 radical (unpaired) electrons. The van der Waals surface area contributed by atoms with E-state index in [-0.39, 0.29) is 92.5 Å². The predicted octanol–water partition coefficient (Wildman–Crippen LogP) is -10.6. The van der Waals surface area contributed by atoms with E-state index in [1.807, 2.05) is 0 Å². The van der Waals surface area contributed by atoms with Crippen LogP contribution in [0.1, 0.15) is 0 Å². The van der Waals surface area contributed by atoms with E-state index in [0.29, 0.717) is 0 Å².